The zero-order valence-electron chi connectivity index (χ0n) is 28.8. The lowest BCUT2D eigenvalue weighted by molar-refractivity contribution is -0.142. The Bertz CT molecular complexity index is 1430. The first-order chi connectivity index (χ1) is 24.2. The second-order valence-electron chi connectivity index (χ2n) is 11.2. The fourth-order valence-corrected chi connectivity index (χ4v) is 11.6. The van der Waals surface area contributed by atoms with E-state index in [1.165, 1.54) is 51.7 Å². The van der Waals surface area contributed by atoms with Gasteiger partial charge in [-0.1, -0.05) is 76.2 Å². The second kappa shape index (κ2) is 23.9. The van der Waals surface area contributed by atoms with Gasteiger partial charge in [0.05, 0.1) is 26.1 Å². The van der Waals surface area contributed by atoms with Crippen molar-refractivity contribution in [2.24, 2.45) is 5.73 Å². The fraction of sp³-hybridized carbons (Fsp3) is 0.361. The largest absolute Gasteiger partial charge is 1.00 e. The van der Waals surface area contributed by atoms with E-state index < -0.39 is 43.1 Å². The van der Waals surface area contributed by atoms with E-state index in [0.29, 0.717) is 6.54 Å². The summed E-state index contributed by atoms with van der Waals surface area (Å²) in [5.74, 6) is -2.22. The molecule has 15 heteroatoms. The molecule has 0 fully saturated rings. The van der Waals surface area contributed by atoms with E-state index in [1.807, 2.05) is 18.2 Å². The van der Waals surface area contributed by atoms with E-state index in [2.05, 4.69) is 98.2 Å². The first-order valence-electron chi connectivity index (χ1n) is 16.2. The number of carbonyl (C=O) groups is 5. The topological polar surface area (TPSA) is 166 Å². The molecule has 0 aliphatic rings. The number of hydrogen-bond acceptors (Lipinski definition) is 10. The van der Waals surface area contributed by atoms with Crippen LogP contribution >= 0.6 is 28.9 Å². The predicted octanol–water partition coefficient (Wildman–Crippen LogP) is -0.683. The third kappa shape index (κ3) is 14.3. The number of benzene rings is 3. The normalized spacial score (nSPS) is 12.0. The summed E-state index contributed by atoms with van der Waals surface area (Å²) in [5, 5.41) is 12.0. The molecule has 3 amide bonds. The van der Waals surface area contributed by atoms with Gasteiger partial charge in [-0.3, -0.25) is 24.0 Å². The Labute approximate surface area is 318 Å². The molecule has 3 aromatic rings. The lowest BCUT2D eigenvalue weighted by Gasteiger charge is -2.27. The molecule has 0 aliphatic heterocycles. The van der Waals surface area contributed by atoms with Gasteiger partial charge in [-0.25, -0.2) is 0 Å². The number of esters is 2. The minimum atomic E-state index is -1.93. The maximum atomic E-state index is 12.7. The maximum Gasteiger partial charge on any atom is 0.325 e. The Hall–Kier alpha value is -3.42. The van der Waals surface area contributed by atoms with E-state index in [9.17, 15) is 24.0 Å². The summed E-state index contributed by atoms with van der Waals surface area (Å²) in [5.41, 5.74) is 5.70. The van der Waals surface area contributed by atoms with Gasteiger partial charge in [0.1, 0.15) is 41.8 Å². The summed E-state index contributed by atoms with van der Waals surface area (Å²) in [4.78, 5) is 61.0. The number of carbonyl (C=O) groups excluding carboxylic acids is 5. The SMILES string of the molecule is COC(=O)CNC(=O)C(CSSCC(=O)NCCCC[P+](c1ccccc1)(c1ccccc1)c1ccccc1)NC(=O)CCC(N)C(=O)OC.[Br-]. The standard InChI is InChI=1S/C36H45N4O7PS2.BrH/c1-46-34(43)24-39-35(44)31(40-32(41)21-20-30(37)36(45)47-2)25-49-50-26-33(42)38-22-12-13-23-48(27-14-6-3-7-15-27,28-16-8-4-9-17-28)29-18-10-5-11-19-29;/h3-11,14-19,30-31H,12-13,20-26,37H2,1-2H3,(H2-,38,39,40,41,42,44);1H. The van der Waals surface area contributed by atoms with Crippen molar-refractivity contribution >= 4 is 74.4 Å². The van der Waals surface area contributed by atoms with Crippen LogP contribution in [0.5, 0.6) is 0 Å². The number of hydrogen-bond donors (Lipinski definition) is 4. The average molecular weight is 822 g/mol. The molecule has 3 aromatic carbocycles. The molecule has 0 spiro atoms. The zero-order chi connectivity index (χ0) is 36.2. The molecule has 0 heterocycles. The smallest absolute Gasteiger partial charge is 0.325 e. The van der Waals surface area contributed by atoms with Crippen LogP contribution in [0.25, 0.3) is 0 Å². The number of unbranched alkanes of at least 4 members (excludes halogenated alkanes) is 1. The van der Waals surface area contributed by atoms with Crippen LogP contribution in [0.4, 0.5) is 0 Å². The van der Waals surface area contributed by atoms with E-state index in [4.69, 9.17) is 5.73 Å². The number of ether oxygens (including phenoxy) is 2. The highest BCUT2D eigenvalue weighted by atomic mass is 79.9. The van der Waals surface area contributed by atoms with Crippen molar-refractivity contribution in [2.75, 3.05) is 45.0 Å². The first kappa shape index (κ1) is 43.7. The van der Waals surface area contributed by atoms with Crippen molar-refractivity contribution in [3.8, 4) is 0 Å². The van der Waals surface area contributed by atoms with Gasteiger partial charge in [0.25, 0.3) is 0 Å². The van der Waals surface area contributed by atoms with Gasteiger partial charge in [-0.2, -0.15) is 0 Å². The van der Waals surface area contributed by atoms with Crippen molar-refractivity contribution < 1.29 is 50.4 Å². The van der Waals surface area contributed by atoms with E-state index in [-0.39, 0.29) is 53.8 Å². The van der Waals surface area contributed by atoms with Crippen molar-refractivity contribution in [1.29, 1.82) is 0 Å². The number of methoxy groups -OCH3 is 2. The Kier molecular flexibility index (Phi) is 20.5. The lowest BCUT2D eigenvalue weighted by atomic mass is 10.1. The maximum absolute atomic E-state index is 12.7. The van der Waals surface area contributed by atoms with Crippen LogP contribution < -0.4 is 54.6 Å². The van der Waals surface area contributed by atoms with Crippen LogP contribution in [0.1, 0.15) is 25.7 Å². The molecule has 0 radical (unpaired) electrons. The molecular formula is C36H46BrN4O7PS2. The number of rotatable bonds is 21. The van der Waals surface area contributed by atoms with Gasteiger partial charge in [0, 0.05) is 18.7 Å². The molecule has 0 aliphatic carbocycles. The van der Waals surface area contributed by atoms with Gasteiger partial charge < -0.3 is 48.1 Å². The van der Waals surface area contributed by atoms with Crippen molar-refractivity contribution in [3.05, 3.63) is 91.0 Å². The molecule has 3 rings (SSSR count). The molecule has 0 bridgehead atoms. The highest BCUT2D eigenvalue weighted by Crippen LogP contribution is 2.55. The van der Waals surface area contributed by atoms with Gasteiger partial charge in [-0.15, -0.1) is 0 Å². The summed E-state index contributed by atoms with van der Waals surface area (Å²) in [7, 11) is 2.97. The molecule has 5 N–H and O–H groups in total. The summed E-state index contributed by atoms with van der Waals surface area (Å²) < 4.78 is 9.13. The highest BCUT2D eigenvalue weighted by Gasteiger charge is 2.44. The van der Waals surface area contributed by atoms with E-state index in [1.54, 1.807) is 0 Å². The number of amides is 3. The number of nitrogens with one attached hydrogen (secondary N) is 3. The monoisotopic (exact) mass is 820 g/mol. The lowest BCUT2D eigenvalue weighted by Crippen LogP contribution is -3.00. The quantitative estimate of drug-likeness (QED) is 0.0469. The Balaban J connectivity index is 0.00000901. The van der Waals surface area contributed by atoms with Gasteiger partial charge in [0.2, 0.25) is 17.7 Å². The van der Waals surface area contributed by atoms with Gasteiger partial charge in [0.15, 0.2) is 0 Å². The van der Waals surface area contributed by atoms with Crippen LogP contribution in [-0.4, -0.2) is 86.7 Å². The molecule has 2 unspecified atom stereocenters. The third-order valence-corrected chi connectivity index (χ3v) is 14.6. The first-order valence-corrected chi connectivity index (χ1v) is 20.7. The predicted molar refractivity (Wildman–Crippen MR) is 203 cm³/mol. The molecule has 0 saturated carbocycles. The highest BCUT2D eigenvalue weighted by molar-refractivity contribution is 8.76. The minimum Gasteiger partial charge on any atom is -1.00 e. The zero-order valence-corrected chi connectivity index (χ0v) is 32.9. The molecule has 11 nitrogen and oxygen atoms in total. The Morgan fingerprint density at radius 3 is 1.80 bits per heavy atom. The van der Waals surface area contributed by atoms with E-state index >= 15 is 0 Å². The minimum absolute atomic E-state index is 0. The van der Waals surface area contributed by atoms with Crippen LogP contribution in [0, 0.1) is 0 Å². The molecule has 2 atom stereocenters. The van der Waals surface area contributed by atoms with Crippen LogP contribution in [0.15, 0.2) is 91.0 Å². The average Bonchev–Trinajstić information content (AvgIpc) is 3.16. The summed E-state index contributed by atoms with van der Waals surface area (Å²) in [6.07, 6.45) is 2.62. The molecular weight excluding hydrogens is 775 g/mol. The number of halogens is 1. The summed E-state index contributed by atoms with van der Waals surface area (Å²) in [6.45, 7) is 0.172. The molecule has 0 aromatic heterocycles. The summed E-state index contributed by atoms with van der Waals surface area (Å²) >= 11 is 0. The van der Waals surface area contributed by atoms with E-state index in [0.717, 1.165) is 19.0 Å². The Morgan fingerprint density at radius 2 is 1.29 bits per heavy atom. The Morgan fingerprint density at radius 1 is 0.745 bits per heavy atom. The van der Waals surface area contributed by atoms with Crippen LogP contribution in [-0.2, 0) is 33.4 Å². The fourth-order valence-electron chi connectivity index (χ4n) is 5.21. The van der Waals surface area contributed by atoms with Gasteiger partial charge >= 0.3 is 11.9 Å². The molecule has 0 saturated heterocycles. The van der Waals surface area contributed by atoms with Crippen molar-refractivity contribution in [3.63, 3.8) is 0 Å². The second-order valence-corrected chi connectivity index (χ2v) is 17.3. The van der Waals surface area contributed by atoms with Crippen molar-refractivity contribution in [2.45, 2.75) is 37.8 Å². The third-order valence-electron chi connectivity index (χ3n) is 7.81. The van der Waals surface area contributed by atoms with Gasteiger partial charge in [-0.05, 0) is 55.7 Å². The van der Waals surface area contributed by atoms with Crippen molar-refractivity contribution in [1.82, 2.24) is 16.0 Å². The van der Waals surface area contributed by atoms with Crippen LogP contribution in [0.2, 0.25) is 0 Å². The summed E-state index contributed by atoms with van der Waals surface area (Å²) in [6, 6.07) is 30.1. The molecule has 51 heavy (non-hydrogen) atoms. The number of nitrogens with two attached hydrogens (primary N) is 1. The van der Waals surface area contributed by atoms with Crippen LogP contribution in [0.3, 0.4) is 0 Å². The molecule has 276 valence electrons.